The smallest absolute Gasteiger partial charge is 0.262 e. The number of benzene rings is 2. The summed E-state index contributed by atoms with van der Waals surface area (Å²) >= 11 is 11.3. The van der Waals surface area contributed by atoms with E-state index in [9.17, 15) is 4.79 Å². The fraction of sp³-hybridized carbons (Fsp3) is 0.118. The van der Waals surface area contributed by atoms with E-state index >= 15 is 0 Å². The van der Waals surface area contributed by atoms with Crippen LogP contribution in [0.15, 0.2) is 48.7 Å². The van der Waals surface area contributed by atoms with Crippen molar-refractivity contribution in [2.75, 3.05) is 0 Å². The van der Waals surface area contributed by atoms with Crippen LogP contribution in [0.4, 0.5) is 0 Å². The molecule has 0 unspecified atom stereocenters. The van der Waals surface area contributed by atoms with Gasteiger partial charge in [-0.3, -0.25) is 4.79 Å². The van der Waals surface area contributed by atoms with Crippen LogP contribution < -0.4 is 9.47 Å². The maximum atomic E-state index is 11.0. The van der Waals surface area contributed by atoms with Crippen molar-refractivity contribution >= 4 is 39.5 Å². The number of fused-ring (bicyclic) bond motifs is 1. The van der Waals surface area contributed by atoms with Crippen molar-refractivity contribution in [3.8, 4) is 17.4 Å². The van der Waals surface area contributed by atoms with Gasteiger partial charge in [0.1, 0.15) is 11.5 Å². The second-order valence-corrected chi connectivity index (χ2v) is 5.79. The number of halogens is 2. The highest BCUT2D eigenvalue weighted by Crippen LogP contribution is 2.25. The first-order valence-electron chi connectivity index (χ1n) is 7.07. The van der Waals surface area contributed by atoms with Gasteiger partial charge in [0.2, 0.25) is 5.88 Å². The first-order chi connectivity index (χ1) is 11.5. The van der Waals surface area contributed by atoms with Gasteiger partial charge >= 0.3 is 0 Å². The minimum Gasteiger partial charge on any atom is -0.482 e. The number of hydrogen-bond acceptors (Lipinski definition) is 5. The summed E-state index contributed by atoms with van der Waals surface area (Å²) in [5.74, 6) is 1.45. The Bertz CT molecular complexity index is 885. The van der Waals surface area contributed by atoms with Gasteiger partial charge in [0.25, 0.3) is 5.24 Å². The molecule has 122 valence electrons. The molecule has 1 atom stereocenters. The molecule has 0 saturated carbocycles. The third-order valence-electron chi connectivity index (χ3n) is 3.16. The second kappa shape index (κ2) is 7.03. The number of ether oxygens (including phenoxy) is 2. The molecule has 1 heterocycles. The summed E-state index contributed by atoms with van der Waals surface area (Å²) in [5, 5.41) is 0.0487. The largest absolute Gasteiger partial charge is 0.482 e. The van der Waals surface area contributed by atoms with Gasteiger partial charge in [0, 0.05) is 5.02 Å². The van der Waals surface area contributed by atoms with E-state index in [1.807, 2.05) is 0 Å². The zero-order valence-electron chi connectivity index (χ0n) is 12.6. The SMILES string of the molecule is C[C@@H](Oc1ccc(Oc2cnc3cc(Cl)ccc3n2)cc1)C(=O)Cl. The number of aromatic nitrogens is 2. The highest BCUT2D eigenvalue weighted by molar-refractivity contribution is 6.64. The Kier molecular flexibility index (Phi) is 4.83. The van der Waals surface area contributed by atoms with Crippen LogP contribution in [0.25, 0.3) is 11.0 Å². The molecule has 7 heteroatoms. The highest BCUT2D eigenvalue weighted by atomic mass is 35.5. The molecule has 0 aliphatic carbocycles. The summed E-state index contributed by atoms with van der Waals surface area (Å²) < 4.78 is 11.0. The molecule has 5 nitrogen and oxygen atoms in total. The number of hydrogen-bond donors (Lipinski definition) is 0. The molecule has 0 N–H and O–H groups in total. The summed E-state index contributed by atoms with van der Waals surface area (Å²) in [6.45, 7) is 1.58. The maximum absolute atomic E-state index is 11.0. The van der Waals surface area contributed by atoms with Crippen molar-refractivity contribution in [2.45, 2.75) is 13.0 Å². The van der Waals surface area contributed by atoms with Gasteiger partial charge in [-0.05, 0) is 61.0 Å². The zero-order valence-corrected chi connectivity index (χ0v) is 14.1. The van der Waals surface area contributed by atoms with Crippen LogP contribution in [0.2, 0.25) is 5.02 Å². The topological polar surface area (TPSA) is 61.3 Å². The number of carbonyl (C=O) groups is 1. The number of rotatable bonds is 5. The number of nitrogens with zero attached hydrogens (tertiary/aromatic N) is 2. The molecular formula is C17H12Cl2N2O3. The zero-order chi connectivity index (χ0) is 17.1. The Morgan fingerprint density at radius 1 is 1.08 bits per heavy atom. The van der Waals surface area contributed by atoms with Gasteiger partial charge in [-0.1, -0.05) is 11.6 Å². The fourth-order valence-corrected chi connectivity index (χ4v) is 2.18. The van der Waals surface area contributed by atoms with Crippen molar-refractivity contribution < 1.29 is 14.3 Å². The van der Waals surface area contributed by atoms with E-state index in [-0.39, 0.29) is 0 Å². The number of carbonyl (C=O) groups excluding carboxylic acids is 1. The molecular weight excluding hydrogens is 351 g/mol. The molecule has 2 aromatic carbocycles. The average molecular weight is 363 g/mol. The van der Waals surface area contributed by atoms with Crippen molar-refractivity contribution in [3.05, 3.63) is 53.7 Å². The Morgan fingerprint density at radius 3 is 2.50 bits per heavy atom. The lowest BCUT2D eigenvalue weighted by molar-refractivity contribution is -0.117. The molecule has 0 aliphatic rings. The van der Waals surface area contributed by atoms with Gasteiger partial charge in [0.05, 0.1) is 17.2 Å². The highest BCUT2D eigenvalue weighted by Gasteiger charge is 2.11. The minimum absolute atomic E-state index is 0.364. The van der Waals surface area contributed by atoms with Crippen LogP contribution in [0.3, 0.4) is 0 Å². The Balaban J connectivity index is 1.74. The van der Waals surface area contributed by atoms with Gasteiger partial charge < -0.3 is 9.47 Å². The van der Waals surface area contributed by atoms with Crippen molar-refractivity contribution in [1.29, 1.82) is 0 Å². The average Bonchev–Trinajstić information content (AvgIpc) is 2.56. The molecule has 0 bridgehead atoms. The van der Waals surface area contributed by atoms with E-state index < -0.39 is 11.3 Å². The molecule has 1 aromatic heterocycles. The van der Waals surface area contributed by atoms with Gasteiger partial charge in [0.15, 0.2) is 6.10 Å². The van der Waals surface area contributed by atoms with E-state index in [1.165, 1.54) is 6.20 Å². The molecule has 0 amide bonds. The molecule has 0 radical (unpaired) electrons. The summed E-state index contributed by atoms with van der Waals surface area (Å²) in [7, 11) is 0. The van der Waals surface area contributed by atoms with Crippen LogP contribution in [-0.2, 0) is 4.79 Å². The quantitative estimate of drug-likeness (QED) is 0.620. The van der Waals surface area contributed by atoms with Crippen LogP contribution in [0.1, 0.15) is 6.92 Å². The van der Waals surface area contributed by atoms with Gasteiger partial charge in [-0.15, -0.1) is 0 Å². The molecule has 0 fully saturated rings. The first kappa shape index (κ1) is 16.5. The Labute approximate surface area is 148 Å². The summed E-state index contributed by atoms with van der Waals surface area (Å²) in [4.78, 5) is 19.6. The van der Waals surface area contributed by atoms with Crippen LogP contribution in [-0.4, -0.2) is 21.3 Å². The van der Waals surface area contributed by atoms with E-state index in [0.717, 1.165) is 0 Å². The maximum Gasteiger partial charge on any atom is 0.262 e. The van der Waals surface area contributed by atoms with Gasteiger partial charge in [-0.25, -0.2) is 9.97 Å². The molecule has 24 heavy (non-hydrogen) atoms. The first-order valence-corrected chi connectivity index (χ1v) is 7.83. The molecule has 0 saturated heterocycles. The summed E-state index contributed by atoms with van der Waals surface area (Å²) in [6.07, 6.45) is 0.814. The third kappa shape index (κ3) is 3.93. The van der Waals surface area contributed by atoms with Crippen molar-refractivity contribution in [2.24, 2.45) is 0 Å². The van der Waals surface area contributed by atoms with Crippen molar-refractivity contribution in [3.63, 3.8) is 0 Å². The second-order valence-electron chi connectivity index (χ2n) is 4.98. The van der Waals surface area contributed by atoms with Crippen molar-refractivity contribution in [1.82, 2.24) is 9.97 Å². The predicted molar refractivity (Wildman–Crippen MR) is 92.0 cm³/mol. The van der Waals surface area contributed by atoms with E-state index in [4.69, 9.17) is 32.7 Å². The Hall–Kier alpha value is -2.37. The summed E-state index contributed by atoms with van der Waals surface area (Å²) in [5.41, 5.74) is 1.38. The lowest BCUT2D eigenvalue weighted by atomic mass is 10.3. The van der Waals surface area contributed by atoms with E-state index in [0.29, 0.717) is 33.4 Å². The minimum atomic E-state index is -0.711. The van der Waals surface area contributed by atoms with E-state index in [2.05, 4.69) is 9.97 Å². The fourth-order valence-electron chi connectivity index (χ4n) is 1.97. The lowest BCUT2D eigenvalue weighted by Crippen LogP contribution is -2.18. The lowest BCUT2D eigenvalue weighted by Gasteiger charge is -2.11. The van der Waals surface area contributed by atoms with Crippen LogP contribution in [0, 0.1) is 0 Å². The normalized spacial score (nSPS) is 12.0. The molecule has 3 rings (SSSR count). The third-order valence-corrected chi connectivity index (χ3v) is 3.70. The Morgan fingerprint density at radius 2 is 1.79 bits per heavy atom. The molecule has 0 spiro atoms. The van der Waals surface area contributed by atoms with Gasteiger partial charge in [-0.2, -0.15) is 0 Å². The standard InChI is InChI=1S/C17H12Cl2N2O3/c1-10(17(19)22)23-12-3-5-13(6-4-12)24-16-9-20-15-8-11(18)2-7-14(15)21-16/h2-10H,1H3/t10-/m1/s1. The van der Waals surface area contributed by atoms with Crippen LogP contribution in [0.5, 0.6) is 17.4 Å². The monoisotopic (exact) mass is 362 g/mol. The molecule has 0 aliphatic heterocycles. The summed E-state index contributed by atoms with van der Waals surface area (Å²) in [6, 6.07) is 12.0. The molecule has 3 aromatic rings. The predicted octanol–water partition coefficient (Wildman–Crippen LogP) is 4.61. The van der Waals surface area contributed by atoms with E-state index in [1.54, 1.807) is 49.4 Å². The van der Waals surface area contributed by atoms with Crippen LogP contribution >= 0.6 is 23.2 Å².